The summed E-state index contributed by atoms with van der Waals surface area (Å²) in [5, 5.41) is 11.0. The van der Waals surface area contributed by atoms with Crippen molar-refractivity contribution in [1.82, 2.24) is 0 Å². The van der Waals surface area contributed by atoms with Gasteiger partial charge in [0.25, 0.3) is 0 Å². The van der Waals surface area contributed by atoms with Crippen LogP contribution in [0.1, 0.15) is 74.3 Å². The summed E-state index contributed by atoms with van der Waals surface area (Å²) in [5.74, 6) is 1.47. The van der Waals surface area contributed by atoms with Crippen molar-refractivity contribution >= 4 is 11.6 Å². The molecule has 0 aliphatic heterocycles. The third kappa shape index (κ3) is 2.14. The molecule has 0 heterocycles. The van der Waals surface area contributed by atoms with Gasteiger partial charge in [0, 0.05) is 0 Å². The van der Waals surface area contributed by atoms with Gasteiger partial charge in [-0.1, -0.05) is 49.4 Å². The van der Waals surface area contributed by atoms with Gasteiger partial charge in [0.15, 0.2) is 0 Å². The van der Waals surface area contributed by atoms with Crippen molar-refractivity contribution in [2.45, 2.75) is 63.2 Å². The van der Waals surface area contributed by atoms with E-state index >= 15 is 0 Å². The molecule has 3 rings (SSSR count). The van der Waals surface area contributed by atoms with E-state index < -0.39 is 0 Å². The number of phenolic OH excluding ortho intramolecular Hbond substituents is 1. The summed E-state index contributed by atoms with van der Waals surface area (Å²) in [6, 6.07) is 4.30. The van der Waals surface area contributed by atoms with Crippen molar-refractivity contribution in [2.24, 2.45) is 0 Å². The predicted molar refractivity (Wildman–Crippen MR) is 75.5 cm³/mol. The summed E-state index contributed by atoms with van der Waals surface area (Å²) in [4.78, 5) is 0. The number of hydrogen-bond acceptors (Lipinski definition) is 1. The Balaban J connectivity index is 1.92. The second kappa shape index (κ2) is 5.13. The van der Waals surface area contributed by atoms with Crippen LogP contribution in [0, 0.1) is 0 Å². The second-order valence-electron chi connectivity index (χ2n) is 5.87. The number of hydrogen-bond donors (Lipinski definition) is 1. The third-order valence-electron chi connectivity index (χ3n) is 4.77. The smallest absolute Gasteiger partial charge is 0.137 e. The first-order valence-electron chi connectivity index (χ1n) is 7.28. The lowest BCUT2D eigenvalue weighted by Crippen LogP contribution is -1.98. The summed E-state index contributed by atoms with van der Waals surface area (Å²) < 4.78 is 0. The van der Waals surface area contributed by atoms with Gasteiger partial charge in [-0.2, -0.15) is 0 Å². The molecule has 0 spiro atoms. The first-order chi connectivity index (χ1) is 8.77. The van der Waals surface area contributed by atoms with Gasteiger partial charge in [0.2, 0.25) is 0 Å². The molecular formula is C16H21ClO. The van der Waals surface area contributed by atoms with E-state index in [1.807, 2.05) is 0 Å². The highest BCUT2D eigenvalue weighted by molar-refractivity contribution is 6.33. The lowest BCUT2D eigenvalue weighted by atomic mass is 9.91. The SMILES string of the molecule is Oc1c(C2CCCC2)ccc(C2CCCC2)c1Cl. The second-order valence-corrected chi connectivity index (χ2v) is 6.25. The van der Waals surface area contributed by atoms with Gasteiger partial charge < -0.3 is 5.11 Å². The van der Waals surface area contributed by atoms with Crippen LogP contribution in [0.4, 0.5) is 0 Å². The Morgan fingerprint density at radius 3 is 1.83 bits per heavy atom. The van der Waals surface area contributed by atoms with Gasteiger partial charge in [-0.3, -0.25) is 0 Å². The van der Waals surface area contributed by atoms with Crippen LogP contribution in [0.3, 0.4) is 0 Å². The number of halogens is 1. The molecule has 0 saturated heterocycles. The molecule has 0 aromatic heterocycles. The normalized spacial score (nSPS) is 21.8. The fourth-order valence-corrected chi connectivity index (χ4v) is 4.04. The molecule has 1 nitrogen and oxygen atoms in total. The van der Waals surface area contributed by atoms with Gasteiger partial charge in [-0.15, -0.1) is 0 Å². The highest BCUT2D eigenvalue weighted by atomic mass is 35.5. The van der Waals surface area contributed by atoms with Gasteiger partial charge in [0.05, 0.1) is 5.02 Å². The van der Waals surface area contributed by atoms with Crippen molar-refractivity contribution in [1.29, 1.82) is 0 Å². The molecule has 98 valence electrons. The molecule has 2 aliphatic rings. The summed E-state index contributed by atoms with van der Waals surface area (Å²) >= 11 is 6.41. The van der Waals surface area contributed by atoms with Gasteiger partial charge in [-0.25, -0.2) is 0 Å². The minimum Gasteiger partial charge on any atom is -0.506 e. The molecule has 2 fully saturated rings. The molecule has 1 N–H and O–H groups in total. The fourth-order valence-electron chi connectivity index (χ4n) is 3.71. The van der Waals surface area contributed by atoms with Crippen molar-refractivity contribution in [3.8, 4) is 5.75 Å². The van der Waals surface area contributed by atoms with Crippen LogP contribution < -0.4 is 0 Å². The minimum atomic E-state index is 0.368. The molecular weight excluding hydrogens is 244 g/mol. The van der Waals surface area contributed by atoms with Crippen LogP contribution in [-0.2, 0) is 0 Å². The van der Waals surface area contributed by atoms with E-state index in [2.05, 4.69) is 12.1 Å². The fraction of sp³-hybridized carbons (Fsp3) is 0.625. The van der Waals surface area contributed by atoms with Gasteiger partial charge in [0.1, 0.15) is 5.75 Å². The lowest BCUT2D eigenvalue weighted by Gasteiger charge is -2.18. The zero-order valence-corrected chi connectivity index (χ0v) is 11.5. The van der Waals surface area contributed by atoms with Crippen LogP contribution in [-0.4, -0.2) is 5.11 Å². The molecule has 0 unspecified atom stereocenters. The Hall–Kier alpha value is -0.690. The lowest BCUT2D eigenvalue weighted by molar-refractivity contribution is 0.459. The van der Waals surface area contributed by atoms with Crippen molar-refractivity contribution in [3.63, 3.8) is 0 Å². The highest BCUT2D eigenvalue weighted by Crippen LogP contribution is 2.46. The van der Waals surface area contributed by atoms with Crippen LogP contribution in [0.2, 0.25) is 5.02 Å². The van der Waals surface area contributed by atoms with Crippen LogP contribution in [0.5, 0.6) is 5.75 Å². The van der Waals surface area contributed by atoms with E-state index in [1.165, 1.54) is 56.9 Å². The van der Waals surface area contributed by atoms with Gasteiger partial charge in [-0.05, 0) is 48.6 Å². The van der Waals surface area contributed by atoms with E-state index in [0.717, 1.165) is 5.56 Å². The quantitative estimate of drug-likeness (QED) is 0.762. The Morgan fingerprint density at radius 1 is 0.833 bits per heavy atom. The van der Waals surface area contributed by atoms with Crippen LogP contribution >= 0.6 is 11.6 Å². The van der Waals surface area contributed by atoms with Crippen molar-refractivity contribution < 1.29 is 5.11 Å². The number of rotatable bonds is 2. The average Bonchev–Trinajstić information content (AvgIpc) is 3.03. The number of phenols is 1. The monoisotopic (exact) mass is 264 g/mol. The molecule has 2 aliphatic carbocycles. The molecule has 0 radical (unpaired) electrons. The zero-order valence-electron chi connectivity index (χ0n) is 10.8. The zero-order chi connectivity index (χ0) is 12.5. The summed E-state index contributed by atoms with van der Waals surface area (Å²) in [6.45, 7) is 0. The molecule has 1 aromatic carbocycles. The van der Waals surface area contributed by atoms with Crippen LogP contribution in [0.15, 0.2) is 12.1 Å². The predicted octanol–water partition coefficient (Wildman–Crippen LogP) is 5.36. The van der Waals surface area contributed by atoms with Gasteiger partial charge >= 0.3 is 0 Å². The molecule has 2 saturated carbocycles. The van der Waals surface area contributed by atoms with E-state index in [9.17, 15) is 5.11 Å². The minimum absolute atomic E-state index is 0.368. The summed E-state index contributed by atoms with van der Waals surface area (Å²) in [5.41, 5.74) is 2.26. The van der Waals surface area contributed by atoms with E-state index in [1.54, 1.807) is 0 Å². The summed E-state index contributed by atoms with van der Waals surface area (Å²) in [7, 11) is 0. The van der Waals surface area contributed by atoms with Crippen molar-refractivity contribution in [2.75, 3.05) is 0 Å². The highest BCUT2D eigenvalue weighted by Gasteiger charge is 2.25. The largest absolute Gasteiger partial charge is 0.506 e. The third-order valence-corrected chi connectivity index (χ3v) is 5.16. The standard InChI is InChI=1S/C16H21ClO/c17-15-13(11-5-1-2-6-11)9-10-14(16(15)18)12-7-3-4-8-12/h9-12,18H,1-8H2. The molecule has 1 aromatic rings. The maximum atomic E-state index is 10.4. The van der Waals surface area contributed by atoms with E-state index in [-0.39, 0.29) is 0 Å². The van der Waals surface area contributed by atoms with E-state index in [0.29, 0.717) is 22.6 Å². The Labute approximate surface area is 114 Å². The number of benzene rings is 1. The topological polar surface area (TPSA) is 20.2 Å². The molecule has 0 atom stereocenters. The van der Waals surface area contributed by atoms with Crippen LogP contribution in [0.25, 0.3) is 0 Å². The summed E-state index contributed by atoms with van der Waals surface area (Å²) in [6.07, 6.45) is 10.0. The Kier molecular flexibility index (Phi) is 3.52. The first-order valence-corrected chi connectivity index (χ1v) is 7.66. The molecule has 2 heteroatoms. The van der Waals surface area contributed by atoms with Crippen molar-refractivity contribution in [3.05, 3.63) is 28.3 Å². The first kappa shape index (κ1) is 12.3. The molecule has 0 bridgehead atoms. The van der Waals surface area contributed by atoms with E-state index in [4.69, 9.17) is 11.6 Å². The number of aromatic hydroxyl groups is 1. The Bertz CT molecular complexity index is 388. The maximum Gasteiger partial charge on any atom is 0.137 e. The average molecular weight is 265 g/mol. The maximum absolute atomic E-state index is 10.4. The Morgan fingerprint density at radius 2 is 1.28 bits per heavy atom. The molecule has 0 amide bonds. The molecule has 18 heavy (non-hydrogen) atoms.